The molecule has 1 aliphatic heterocycles. The molecule has 1 fully saturated rings. The van der Waals surface area contributed by atoms with E-state index in [4.69, 9.17) is 0 Å². The van der Waals surface area contributed by atoms with E-state index in [0.717, 1.165) is 19.5 Å². The highest BCUT2D eigenvalue weighted by atomic mass is 16.5. The molecule has 54 valence electrons. The van der Waals surface area contributed by atoms with Crippen molar-refractivity contribution in [2.75, 3.05) is 20.1 Å². The SMILES string of the molecule is C[C@@H]1CCC[N@@+](C)([O-])C1. The Morgan fingerprint density at radius 3 is 2.56 bits per heavy atom. The van der Waals surface area contributed by atoms with Gasteiger partial charge in [0.25, 0.3) is 0 Å². The van der Waals surface area contributed by atoms with Crippen molar-refractivity contribution >= 4 is 0 Å². The molecule has 0 amide bonds. The fourth-order valence-corrected chi connectivity index (χ4v) is 1.62. The van der Waals surface area contributed by atoms with Gasteiger partial charge in [-0.2, -0.15) is 0 Å². The Balaban J connectivity index is 2.41. The first-order valence-corrected chi connectivity index (χ1v) is 3.66. The minimum atomic E-state index is -0.0127. The molecule has 0 aromatic heterocycles. The number of nitrogens with zero attached hydrogens (tertiary/aromatic N) is 1. The highest BCUT2D eigenvalue weighted by Gasteiger charge is 2.20. The molecule has 0 radical (unpaired) electrons. The highest BCUT2D eigenvalue weighted by molar-refractivity contribution is 4.58. The van der Waals surface area contributed by atoms with Gasteiger partial charge in [0.15, 0.2) is 0 Å². The summed E-state index contributed by atoms with van der Waals surface area (Å²) in [4.78, 5) is 0. The van der Waals surface area contributed by atoms with Gasteiger partial charge in [0, 0.05) is 5.92 Å². The molecular weight excluding hydrogens is 114 g/mol. The van der Waals surface area contributed by atoms with Gasteiger partial charge in [-0.05, 0) is 12.8 Å². The zero-order chi connectivity index (χ0) is 6.91. The second-order valence-corrected chi connectivity index (χ2v) is 3.45. The number of hydrogen-bond acceptors (Lipinski definition) is 1. The van der Waals surface area contributed by atoms with Crippen molar-refractivity contribution in [2.24, 2.45) is 5.92 Å². The monoisotopic (exact) mass is 129 g/mol. The summed E-state index contributed by atoms with van der Waals surface area (Å²) >= 11 is 0. The number of hydrogen-bond donors (Lipinski definition) is 0. The van der Waals surface area contributed by atoms with Crippen molar-refractivity contribution in [3.8, 4) is 0 Å². The van der Waals surface area contributed by atoms with Crippen molar-refractivity contribution in [2.45, 2.75) is 19.8 Å². The smallest absolute Gasteiger partial charge is 0.0807 e. The van der Waals surface area contributed by atoms with Crippen LogP contribution in [-0.2, 0) is 0 Å². The Kier molecular flexibility index (Phi) is 1.78. The number of likely N-dealkylation sites (tertiary alicyclic amines) is 1. The molecule has 1 aliphatic rings. The van der Waals surface area contributed by atoms with Gasteiger partial charge < -0.3 is 9.85 Å². The molecule has 9 heavy (non-hydrogen) atoms. The molecule has 2 nitrogen and oxygen atoms in total. The average molecular weight is 129 g/mol. The molecule has 0 aromatic rings. The molecule has 2 atom stereocenters. The molecule has 1 rings (SSSR count). The van der Waals surface area contributed by atoms with Crippen LogP contribution >= 0.6 is 0 Å². The van der Waals surface area contributed by atoms with E-state index in [9.17, 15) is 5.21 Å². The zero-order valence-electron chi connectivity index (χ0n) is 6.26. The van der Waals surface area contributed by atoms with Crippen LogP contribution in [0.1, 0.15) is 19.8 Å². The van der Waals surface area contributed by atoms with Crippen LogP contribution in [0.3, 0.4) is 0 Å². The van der Waals surface area contributed by atoms with Gasteiger partial charge >= 0.3 is 0 Å². The van der Waals surface area contributed by atoms with Gasteiger partial charge in [-0.25, -0.2) is 0 Å². The molecule has 2 heteroatoms. The normalized spacial score (nSPS) is 45.0. The van der Waals surface area contributed by atoms with Crippen molar-refractivity contribution in [1.82, 2.24) is 0 Å². The van der Waals surface area contributed by atoms with Crippen LogP contribution in [0.25, 0.3) is 0 Å². The summed E-state index contributed by atoms with van der Waals surface area (Å²) in [5, 5.41) is 11.3. The predicted molar refractivity (Wildman–Crippen MR) is 37.7 cm³/mol. The van der Waals surface area contributed by atoms with Gasteiger partial charge in [-0.1, -0.05) is 6.92 Å². The van der Waals surface area contributed by atoms with Crippen LogP contribution in [0, 0.1) is 11.1 Å². The number of piperidine rings is 1. The highest BCUT2D eigenvalue weighted by Crippen LogP contribution is 2.19. The quantitative estimate of drug-likeness (QED) is 0.358. The molecule has 0 saturated carbocycles. The summed E-state index contributed by atoms with van der Waals surface area (Å²) in [6.45, 7) is 3.80. The summed E-state index contributed by atoms with van der Waals surface area (Å²) in [5.74, 6) is 0.640. The topological polar surface area (TPSA) is 23.1 Å². The fraction of sp³-hybridized carbons (Fsp3) is 1.00. The van der Waals surface area contributed by atoms with Crippen LogP contribution in [0.15, 0.2) is 0 Å². The van der Waals surface area contributed by atoms with E-state index in [1.165, 1.54) is 6.42 Å². The zero-order valence-corrected chi connectivity index (χ0v) is 6.26. The number of rotatable bonds is 0. The van der Waals surface area contributed by atoms with E-state index >= 15 is 0 Å². The Hall–Kier alpha value is -0.0800. The second kappa shape index (κ2) is 2.27. The largest absolute Gasteiger partial charge is 0.633 e. The first-order chi connectivity index (χ1) is 4.10. The molecule has 0 spiro atoms. The number of quaternary nitrogens is 1. The van der Waals surface area contributed by atoms with Crippen molar-refractivity contribution in [3.63, 3.8) is 0 Å². The lowest BCUT2D eigenvalue weighted by atomic mass is 10.0. The molecule has 1 saturated heterocycles. The van der Waals surface area contributed by atoms with Crippen molar-refractivity contribution < 1.29 is 4.65 Å². The van der Waals surface area contributed by atoms with Crippen LogP contribution < -0.4 is 0 Å². The van der Waals surface area contributed by atoms with E-state index in [2.05, 4.69) is 6.92 Å². The summed E-state index contributed by atoms with van der Waals surface area (Å²) in [6, 6.07) is 0. The maximum absolute atomic E-state index is 11.3. The molecular formula is C7H15NO. The lowest BCUT2D eigenvalue weighted by Crippen LogP contribution is -2.45. The molecule has 0 bridgehead atoms. The van der Waals surface area contributed by atoms with Crippen LogP contribution in [0.5, 0.6) is 0 Å². The van der Waals surface area contributed by atoms with Crippen LogP contribution in [-0.4, -0.2) is 24.8 Å². The van der Waals surface area contributed by atoms with E-state index in [1.807, 2.05) is 0 Å². The summed E-state index contributed by atoms with van der Waals surface area (Å²) in [6.07, 6.45) is 2.36. The molecule has 0 unspecified atom stereocenters. The van der Waals surface area contributed by atoms with Gasteiger partial charge in [0.05, 0.1) is 20.1 Å². The first kappa shape index (κ1) is 7.03. The standard InChI is InChI=1S/C7H15NO/c1-7-4-3-5-8(2,9)6-7/h7H,3-6H2,1-2H3/t7-,8-/m1/s1. The average Bonchev–Trinajstić information content (AvgIpc) is 1.60. The maximum Gasteiger partial charge on any atom is 0.0807 e. The van der Waals surface area contributed by atoms with Crippen LogP contribution in [0.4, 0.5) is 0 Å². The Morgan fingerprint density at radius 1 is 1.56 bits per heavy atom. The third kappa shape index (κ3) is 1.95. The third-order valence-electron chi connectivity index (χ3n) is 2.03. The lowest BCUT2D eigenvalue weighted by molar-refractivity contribution is -0.869. The predicted octanol–water partition coefficient (Wildman–Crippen LogP) is 1.36. The summed E-state index contributed by atoms with van der Waals surface area (Å²) in [7, 11) is 1.77. The first-order valence-electron chi connectivity index (χ1n) is 3.66. The fourth-order valence-electron chi connectivity index (χ4n) is 1.62. The third-order valence-corrected chi connectivity index (χ3v) is 2.03. The van der Waals surface area contributed by atoms with Gasteiger partial charge in [-0.3, -0.25) is 0 Å². The Bertz CT molecular complexity index is 101. The van der Waals surface area contributed by atoms with Crippen molar-refractivity contribution in [1.29, 1.82) is 0 Å². The lowest BCUT2D eigenvalue weighted by Gasteiger charge is -2.44. The van der Waals surface area contributed by atoms with Crippen LogP contribution in [0.2, 0.25) is 0 Å². The van der Waals surface area contributed by atoms with E-state index < -0.39 is 0 Å². The van der Waals surface area contributed by atoms with Gasteiger partial charge in [0.1, 0.15) is 0 Å². The molecule has 1 heterocycles. The molecule has 0 aliphatic carbocycles. The van der Waals surface area contributed by atoms with Gasteiger partial charge in [-0.15, -0.1) is 0 Å². The van der Waals surface area contributed by atoms with Crippen molar-refractivity contribution in [3.05, 3.63) is 5.21 Å². The van der Waals surface area contributed by atoms with Gasteiger partial charge in [0.2, 0.25) is 0 Å². The van der Waals surface area contributed by atoms with E-state index in [-0.39, 0.29) is 4.65 Å². The molecule has 0 aromatic carbocycles. The summed E-state index contributed by atoms with van der Waals surface area (Å²) in [5.41, 5.74) is 0. The Labute approximate surface area is 56.6 Å². The van der Waals surface area contributed by atoms with E-state index in [1.54, 1.807) is 7.05 Å². The summed E-state index contributed by atoms with van der Waals surface area (Å²) < 4.78 is -0.0127. The number of hydroxylamine groups is 3. The molecule has 0 N–H and O–H groups in total. The minimum absolute atomic E-state index is 0.0127. The maximum atomic E-state index is 11.3. The second-order valence-electron chi connectivity index (χ2n) is 3.45. The van der Waals surface area contributed by atoms with E-state index in [0.29, 0.717) is 5.92 Å². The minimum Gasteiger partial charge on any atom is -0.633 e. The Morgan fingerprint density at radius 2 is 2.22 bits per heavy atom.